The molecular weight excluding hydrogens is 268 g/mol. The minimum atomic E-state index is -0.210. The van der Waals surface area contributed by atoms with Crippen LogP contribution in [0.5, 0.6) is 5.75 Å². The van der Waals surface area contributed by atoms with Gasteiger partial charge in [0.1, 0.15) is 5.75 Å². The molecule has 1 saturated carbocycles. The van der Waals surface area contributed by atoms with E-state index in [-0.39, 0.29) is 18.7 Å². The molecular formula is C13H17ClN2O3. The summed E-state index contributed by atoms with van der Waals surface area (Å²) in [4.78, 5) is 13.7. The van der Waals surface area contributed by atoms with Crippen LogP contribution in [0.2, 0.25) is 5.02 Å². The van der Waals surface area contributed by atoms with Crippen molar-refractivity contribution in [2.75, 3.05) is 25.6 Å². The summed E-state index contributed by atoms with van der Waals surface area (Å²) in [6, 6.07) is 5.11. The number of aliphatic hydroxyl groups excluding tert-OH is 1. The first-order chi connectivity index (χ1) is 9.15. The molecule has 6 heteroatoms. The van der Waals surface area contributed by atoms with Gasteiger partial charge in [-0.15, -0.1) is 0 Å². The number of anilines is 1. The molecule has 0 spiro atoms. The summed E-state index contributed by atoms with van der Waals surface area (Å²) in [6.07, 6.45) is 1.99. The number of aliphatic hydroxyl groups is 1. The van der Waals surface area contributed by atoms with Gasteiger partial charge in [0.2, 0.25) is 0 Å². The Hall–Kier alpha value is -1.46. The normalized spacial score (nSPS) is 14.1. The minimum absolute atomic E-state index is 0.0344. The van der Waals surface area contributed by atoms with E-state index in [1.807, 2.05) is 0 Å². The monoisotopic (exact) mass is 284 g/mol. The van der Waals surface area contributed by atoms with Crippen LogP contribution in [-0.4, -0.2) is 42.3 Å². The summed E-state index contributed by atoms with van der Waals surface area (Å²) in [6.45, 7) is 0.313. The lowest BCUT2D eigenvalue weighted by Gasteiger charge is -2.21. The Morgan fingerprint density at radius 3 is 2.84 bits per heavy atom. The molecule has 0 aliphatic heterocycles. The lowest BCUT2D eigenvalue weighted by molar-refractivity contribution is 0.185. The number of nitrogens with zero attached hydrogens (tertiary/aromatic N) is 1. The first kappa shape index (κ1) is 14.0. The lowest BCUT2D eigenvalue weighted by Crippen LogP contribution is -2.38. The van der Waals surface area contributed by atoms with Crippen molar-refractivity contribution in [2.24, 2.45) is 0 Å². The third-order valence-corrected chi connectivity index (χ3v) is 3.29. The van der Waals surface area contributed by atoms with Crippen LogP contribution in [0.1, 0.15) is 12.8 Å². The van der Waals surface area contributed by atoms with Crippen LogP contribution in [0.25, 0.3) is 0 Å². The van der Waals surface area contributed by atoms with Crippen LogP contribution in [0.3, 0.4) is 0 Å². The maximum Gasteiger partial charge on any atom is 0.322 e. The molecule has 2 N–H and O–H groups in total. The summed E-state index contributed by atoms with van der Waals surface area (Å²) in [5, 5.41) is 12.2. The molecule has 2 amide bonds. The summed E-state index contributed by atoms with van der Waals surface area (Å²) < 4.78 is 5.05. The van der Waals surface area contributed by atoms with Crippen LogP contribution in [0.4, 0.5) is 10.5 Å². The third-order valence-electron chi connectivity index (χ3n) is 2.99. The molecule has 0 heterocycles. The van der Waals surface area contributed by atoms with Crippen LogP contribution in [0, 0.1) is 0 Å². The van der Waals surface area contributed by atoms with Gasteiger partial charge in [0.25, 0.3) is 0 Å². The number of amides is 2. The molecule has 104 valence electrons. The Morgan fingerprint density at radius 2 is 2.32 bits per heavy atom. The topological polar surface area (TPSA) is 61.8 Å². The Bertz CT molecular complexity index is 463. The highest BCUT2D eigenvalue weighted by Gasteiger charge is 2.32. The first-order valence-electron chi connectivity index (χ1n) is 6.17. The standard InChI is InChI=1S/C13H17ClN2O3/c1-19-12-5-2-9(8-11(12)14)15-13(18)16(6-7-17)10-3-4-10/h2,5,8,10,17H,3-4,6-7H2,1H3,(H,15,18). The smallest absolute Gasteiger partial charge is 0.322 e. The number of carbonyl (C=O) groups excluding carboxylic acids is 1. The van der Waals surface area contributed by atoms with Gasteiger partial charge in [-0.05, 0) is 31.0 Å². The van der Waals surface area contributed by atoms with Gasteiger partial charge in [-0.2, -0.15) is 0 Å². The molecule has 0 bridgehead atoms. The van der Waals surface area contributed by atoms with Crippen molar-refractivity contribution in [3.8, 4) is 5.75 Å². The van der Waals surface area contributed by atoms with Crippen LogP contribution < -0.4 is 10.1 Å². The van der Waals surface area contributed by atoms with Crippen LogP contribution in [-0.2, 0) is 0 Å². The number of methoxy groups -OCH3 is 1. The summed E-state index contributed by atoms with van der Waals surface area (Å²) in [5.74, 6) is 0.564. The van der Waals surface area contributed by atoms with E-state index in [9.17, 15) is 4.79 Å². The minimum Gasteiger partial charge on any atom is -0.495 e. The van der Waals surface area contributed by atoms with Gasteiger partial charge in [0.05, 0.1) is 18.7 Å². The van der Waals surface area contributed by atoms with Crippen molar-refractivity contribution in [3.63, 3.8) is 0 Å². The SMILES string of the molecule is COc1ccc(NC(=O)N(CCO)C2CC2)cc1Cl. The molecule has 19 heavy (non-hydrogen) atoms. The predicted octanol–water partition coefficient (Wildman–Crippen LogP) is 2.34. The quantitative estimate of drug-likeness (QED) is 0.872. The average molecular weight is 285 g/mol. The van der Waals surface area contributed by atoms with Crippen LogP contribution in [0.15, 0.2) is 18.2 Å². The van der Waals surface area contributed by atoms with E-state index in [0.29, 0.717) is 23.0 Å². The Balaban J connectivity index is 2.03. The van der Waals surface area contributed by atoms with Crippen molar-refractivity contribution < 1.29 is 14.6 Å². The van der Waals surface area contributed by atoms with Gasteiger partial charge in [-0.3, -0.25) is 0 Å². The maximum atomic E-state index is 12.1. The summed E-state index contributed by atoms with van der Waals surface area (Å²) in [7, 11) is 1.54. The van der Waals surface area contributed by atoms with Gasteiger partial charge in [-0.25, -0.2) is 4.79 Å². The van der Waals surface area contributed by atoms with E-state index in [4.69, 9.17) is 21.4 Å². The van der Waals surface area contributed by atoms with Crippen molar-refractivity contribution in [1.82, 2.24) is 4.90 Å². The zero-order valence-corrected chi connectivity index (χ0v) is 11.5. The van der Waals surface area contributed by atoms with Gasteiger partial charge in [0.15, 0.2) is 0 Å². The molecule has 1 aliphatic carbocycles. The Kier molecular flexibility index (Phi) is 4.50. The molecule has 0 saturated heterocycles. The number of nitrogens with one attached hydrogen (secondary N) is 1. The second kappa shape index (κ2) is 6.12. The number of hydrogen-bond donors (Lipinski definition) is 2. The fraction of sp³-hybridized carbons (Fsp3) is 0.462. The molecule has 0 unspecified atom stereocenters. The second-order valence-corrected chi connectivity index (χ2v) is 4.83. The highest BCUT2D eigenvalue weighted by molar-refractivity contribution is 6.32. The van der Waals surface area contributed by atoms with E-state index in [2.05, 4.69) is 5.32 Å². The Morgan fingerprint density at radius 1 is 1.58 bits per heavy atom. The molecule has 1 aromatic carbocycles. The molecule has 0 radical (unpaired) electrons. The number of urea groups is 1. The van der Waals surface area contributed by atoms with Crippen molar-refractivity contribution >= 4 is 23.3 Å². The number of benzene rings is 1. The lowest BCUT2D eigenvalue weighted by atomic mass is 10.3. The molecule has 1 aliphatic rings. The van der Waals surface area contributed by atoms with Gasteiger partial charge in [-0.1, -0.05) is 11.6 Å². The molecule has 0 aromatic heterocycles. The van der Waals surface area contributed by atoms with Gasteiger partial charge >= 0.3 is 6.03 Å². The maximum absolute atomic E-state index is 12.1. The largest absolute Gasteiger partial charge is 0.495 e. The van der Waals surface area contributed by atoms with Gasteiger partial charge in [0, 0.05) is 18.3 Å². The third kappa shape index (κ3) is 3.52. The Labute approximate surface area is 117 Å². The highest BCUT2D eigenvalue weighted by Crippen LogP contribution is 2.29. The molecule has 0 atom stereocenters. The molecule has 5 nitrogen and oxygen atoms in total. The molecule has 2 rings (SSSR count). The fourth-order valence-electron chi connectivity index (χ4n) is 1.88. The zero-order valence-electron chi connectivity index (χ0n) is 10.7. The molecule has 1 fully saturated rings. The average Bonchev–Trinajstić information content (AvgIpc) is 3.20. The van der Waals surface area contributed by atoms with E-state index < -0.39 is 0 Å². The number of carbonyl (C=O) groups is 1. The van der Waals surface area contributed by atoms with E-state index in [0.717, 1.165) is 12.8 Å². The number of ether oxygens (including phenoxy) is 1. The predicted molar refractivity (Wildman–Crippen MR) is 73.8 cm³/mol. The number of hydrogen-bond acceptors (Lipinski definition) is 3. The highest BCUT2D eigenvalue weighted by atomic mass is 35.5. The van der Waals surface area contributed by atoms with E-state index in [1.54, 1.807) is 23.1 Å². The summed E-state index contributed by atoms with van der Waals surface area (Å²) in [5.41, 5.74) is 0.611. The van der Waals surface area contributed by atoms with Crippen molar-refractivity contribution in [3.05, 3.63) is 23.2 Å². The van der Waals surface area contributed by atoms with Crippen molar-refractivity contribution in [2.45, 2.75) is 18.9 Å². The number of rotatable bonds is 5. The van der Waals surface area contributed by atoms with Gasteiger partial charge < -0.3 is 20.1 Å². The van der Waals surface area contributed by atoms with E-state index >= 15 is 0 Å². The molecule has 1 aromatic rings. The number of halogens is 1. The second-order valence-electron chi connectivity index (χ2n) is 4.43. The van der Waals surface area contributed by atoms with Crippen LogP contribution >= 0.6 is 11.6 Å². The zero-order chi connectivity index (χ0) is 13.8. The van der Waals surface area contributed by atoms with E-state index in [1.165, 1.54) is 7.11 Å². The first-order valence-corrected chi connectivity index (χ1v) is 6.55. The summed E-state index contributed by atoms with van der Waals surface area (Å²) >= 11 is 6.00. The van der Waals surface area contributed by atoms with Crippen molar-refractivity contribution in [1.29, 1.82) is 0 Å². The fourth-order valence-corrected chi connectivity index (χ4v) is 2.14.